The Bertz CT molecular complexity index is 778. The smallest absolute Gasteiger partial charge is 0.169 e. The van der Waals surface area contributed by atoms with Crippen molar-refractivity contribution in [2.75, 3.05) is 0 Å². The first kappa shape index (κ1) is 10.8. The third-order valence-corrected chi connectivity index (χ3v) is 3.08. The highest BCUT2D eigenvalue weighted by Gasteiger charge is 2.14. The minimum Gasteiger partial charge on any atom is -0.298 e. The van der Waals surface area contributed by atoms with Gasteiger partial charge in [0, 0.05) is 5.39 Å². The average molecular weight is 242 g/mol. The molecule has 0 amide bonds. The summed E-state index contributed by atoms with van der Waals surface area (Å²) >= 11 is 0. The van der Waals surface area contributed by atoms with Gasteiger partial charge in [0.15, 0.2) is 17.9 Å². The maximum absolute atomic E-state index is 13.8. The van der Waals surface area contributed by atoms with Gasteiger partial charge >= 0.3 is 0 Å². The molecule has 3 rings (SSSR count). The van der Waals surface area contributed by atoms with Crippen LogP contribution in [0.25, 0.3) is 21.5 Å². The standard InChI is InChI=1S/C15H8F2O/c16-14-10(8-18)7-13-11-4-2-1-3-9(11)5-6-12(13)15(14)17/h1-8H. The second-order valence-electron chi connectivity index (χ2n) is 4.09. The Morgan fingerprint density at radius 3 is 2.39 bits per heavy atom. The topological polar surface area (TPSA) is 17.1 Å². The molecule has 0 unspecified atom stereocenters. The molecule has 0 bridgehead atoms. The lowest BCUT2D eigenvalue weighted by molar-refractivity contribution is 0.111. The van der Waals surface area contributed by atoms with Crippen molar-refractivity contribution in [3.8, 4) is 0 Å². The van der Waals surface area contributed by atoms with E-state index in [-0.39, 0.29) is 10.9 Å². The van der Waals surface area contributed by atoms with Gasteiger partial charge in [-0.25, -0.2) is 8.78 Å². The van der Waals surface area contributed by atoms with Crippen LogP contribution in [0.3, 0.4) is 0 Å². The number of fused-ring (bicyclic) bond motifs is 3. The fourth-order valence-corrected chi connectivity index (χ4v) is 2.19. The van der Waals surface area contributed by atoms with E-state index in [1.165, 1.54) is 12.1 Å². The molecule has 0 aliphatic carbocycles. The molecule has 0 saturated carbocycles. The summed E-state index contributed by atoms with van der Waals surface area (Å²) < 4.78 is 27.4. The number of hydrogen-bond acceptors (Lipinski definition) is 1. The Balaban J connectivity index is 2.58. The SMILES string of the molecule is O=Cc1cc2c(ccc3ccccc32)c(F)c1F. The van der Waals surface area contributed by atoms with E-state index in [0.717, 1.165) is 10.8 Å². The molecule has 0 aromatic heterocycles. The lowest BCUT2D eigenvalue weighted by Gasteiger charge is -2.07. The number of hydrogen-bond donors (Lipinski definition) is 0. The molecule has 0 aliphatic heterocycles. The van der Waals surface area contributed by atoms with Gasteiger partial charge < -0.3 is 0 Å². The van der Waals surface area contributed by atoms with Crippen LogP contribution in [0.2, 0.25) is 0 Å². The number of carbonyl (C=O) groups is 1. The van der Waals surface area contributed by atoms with Crippen molar-refractivity contribution in [3.63, 3.8) is 0 Å². The molecule has 88 valence electrons. The van der Waals surface area contributed by atoms with Crippen LogP contribution in [0.5, 0.6) is 0 Å². The van der Waals surface area contributed by atoms with Crippen LogP contribution in [0.1, 0.15) is 10.4 Å². The van der Waals surface area contributed by atoms with E-state index in [2.05, 4.69) is 0 Å². The Hall–Kier alpha value is -2.29. The van der Waals surface area contributed by atoms with E-state index in [1.807, 2.05) is 24.3 Å². The normalized spacial score (nSPS) is 11.0. The van der Waals surface area contributed by atoms with Crippen LogP contribution >= 0.6 is 0 Å². The van der Waals surface area contributed by atoms with Gasteiger partial charge in [-0.15, -0.1) is 0 Å². The van der Waals surface area contributed by atoms with Gasteiger partial charge in [-0.3, -0.25) is 4.79 Å². The fourth-order valence-electron chi connectivity index (χ4n) is 2.19. The Kier molecular flexibility index (Phi) is 2.33. The Labute approximate surface area is 102 Å². The number of benzene rings is 3. The van der Waals surface area contributed by atoms with Crippen molar-refractivity contribution < 1.29 is 13.6 Å². The first-order valence-corrected chi connectivity index (χ1v) is 5.47. The third kappa shape index (κ3) is 1.40. The number of rotatable bonds is 1. The van der Waals surface area contributed by atoms with Crippen molar-refractivity contribution in [3.05, 3.63) is 59.7 Å². The molecular formula is C15H8F2O. The summed E-state index contributed by atoms with van der Waals surface area (Å²) in [5.74, 6) is -2.06. The fraction of sp³-hybridized carbons (Fsp3) is 0. The van der Waals surface area contributed by atoms with Gasteiger partial charge in [0.05, 0.1) is 5.56 Å². The molecule has 0 aliphatic rings. The molecule has 0 spiro atoms. The van der Waals surface area contributed by atoms with E-state index in [9.17, 15) is 13.6 Å². The summed E-state index contributed by atoms with van der Waals surface area (Å²) in [4.78, 5) is 10.8. The van der Waals surface area contributed by atoms with E-state index < -0.39 is 11.6 Å². The molecule has 3 aromatic carbocycles. The molecule has 3 aromatic rings. The second-order valence-corrected chi connectivity index (χ2v) is 4.09. The minimum absolute atomic E-state index is 0.191. The second kappa shape index (κ2) is 3.88. The van der Waals surface area contributed by atoms with Gasteiger partial charge in [0.2, 0.25) is 0 Å². The molecule has 3 heteroatoms. The third-order valence-electron chi connectivity index (χ3n) is 3.08. The monoisotopic (exact) mass is 242 g/mol. The maximum Gasteiger partial charge on any atom is 0.169 e. The zero-order valence-corrected chi connectivity index (χ0v) is 9.28. The summed E-state index contributed by atoms with van der Waals surface area (Å²) in [5, 5.41) is 2.47. The van der Waals surface area contributed by atoms with Crippen LogP contribution in [0, 0.1) is 11.6 Å². The summed E-state index contributed by atoms with van der Waals surface area (Å²) in [7, 11) is 0. The number of halogens is 2. The van der Waals surface area contributed by atoms with E-state index in [0.29, 0.717) is 11.7 Å². The van der Waals surface area contributed by atoms with Crippen LogP contribution in [0.4, 0.5) is 8.78 Å². The summed E-state index contributed by atoms with van der Waals surface area (Å²) in [5.41, 5.74) is -0.253. The highest BCUT2D eigenvalue weighted by Crippen LogP contribution is 2.29. The molecule has 0 heterocycles. The molecule has 18 heavy (non-hydrogen) atoms. The van der Waals surface area contributed by atoms with Gasteiger partial charge in [-0.1, -0.05) is 36.4 Å². The van der Waals surface area contributed by atoms with Gasteiger partial charge in [0.25, 0.3) is 0 Å². The largest absolute Gasteiger partial charge is 0.298 e. The number of aldehydes is 1. The zero-order valence-electron chi connectivity index (χ0n) is 9.28. The zero-order chi connectivity index (χ0) is 12.7. The van der Waals surface area contributed by atoms with Gasteiger partial charge in [0.1, 0.15) is 0 Å². The molecule has 0 N–H and O–H groups in total. The predicted molar refractivity (Wildman–Crippen MR) is 66.8 cm³/mol. The van der Waals surface area contributed by atoms with E-state index in [1.54, 1.807) is 6.07 Å². The maximum atomic E-state index is 13.8. The quantitative estimate of drug-likeness (QED) is 0.464. The highest BCUT2D eigenvalue weighted by atomic mass is 19.2. The van der Waals surface area contributed by atoms with Crippen molar-refractivity contribution in [2.45, 2.75) is 0 Å². The van der Waals surface area contributed by atoms with Crippen molar-refractivity contribution >= 4 is 27.8 Å². The van der Waals surface area contributed by atoms with Gasteiger partial charge in [-0.05, 0) is 22.2 Å². The Morgan fingerprint density at radius 1 is 0.833 bits per heavy atom. The predicted octanol–water partition coefficient (Wildman–Crippen LogP) is 4.08. The van der Waals surface area contributed by atoms with Crippen molar-refractivity contribution in [1.82, 2.24) is 0 Å². The lowest BCUT2D eigenvalue weighted by Crippen LogP contribution is -1.94. The highest BCUT2D eigenvalue weighted by molar-refractivity contribution is 6.08. The first-order valence-electron chi connectivity index (χ1n) is 5.47. The van der Waals surface area contributed by atoms with Crippen LogP contribution < -0.4 is 0 Å². The summed E-state index contributed by atoms with van der Waals surface area (Å²) in [6, 6.07) is 12.1. The molecular weight excluding hydrogens is 234 g/mol. The minimum atomic E-state index is -1.09. The van der Waals surface area contributed by atoms with E-state index in [4.69, 9.17) is 0 Å². The van der Waals surface area contributed by atoms with Crippen LogP contribution in [0.15, 0.2) is 42.5 Å². The first-order chi connectivity index (χ1) is 8.72. The van der Waals surface area contributed by atoms with E-state index >= 15 is 0 Å². The molecule has 0 fully saturated rings. The summed E-state index contributed by atoms with van der Waals surface area (Å²) in [6.07, 6.45) is 0.333. The molecule has 0 radical (unpaired) electrons. The summed E-state index contributed by atoms with van der Waals surface area (Å²) in [6.45, 7) is 0. The number of carbonyl (C=O) groups excluding carboxylic acids is 1. The molecule has 1 nitrogen and oxygen atoms in total. The Morgan fingerprint density at radius 2 is 1.61 bits per heavy atom. The van der Waals surface area contributed by atoms with Crippen molar-refractivity contribution in [2.24, 2.45) is 0 Å². The molecule has 0 atom stereocenters. The molecule has 0 saturated heterocycles. The van der Waals surface area contributed by atoms with Crippen LogP contribution in [-0.2, 0) is 0 Å². The van der Waals surface area contributed by atoms with Crippen molar-refractivity contribution in [1.29, 1.82) is 0 Å². The van der Waals surface area contributed by atoms with Crippen LogP contribution in [-0.4, -0.2) is 6.29 Å². The average Bonchev–Trinajstić information content (AvgIpc) is 2.42. The van der Waals surface area contributed by atoms with Gasteiger partial charge in [-0.2, -0.15) is 0 Å². The lowest BCUT2D eigenvalue weighted by atomic mass is 9.99.